The van der Waals surface area contributed by atoms with Gasteiger partial charge >= 0.3 is 0 Å². The fourth-order valence-electron chi connectivity index (χ4n) is 0.758. The van der Waals surface area contributed by atoms with E-state index in [1.165, 1.54) is 11.8 Å². The quantitative estimate of drug-likeness (QED) is 0.642. The van der Waals surface area contributed by atoms with Crippen LogP contribution in [-0.4, -0.2) is 9.65 Å². The van der Waals surface area contributed by atoms with Gasteiger partial charge in [-0.15, -0.1) is 11.8 Å². The first-order valence-electron chi connectivity index (χ1n) is 4.31. The van der Waals surface area contributed by atoms with Crippen LogP contribution in [0, 0.1) is 5.41 Å². The van der Waals surface area contributed by atoms with Crippen LogP contribution in [0.3, 0.4) is 0 Å². The molecule has 5 heteroatoms. The Balaban J connectivity index is 0.000000791. The van der Waals surface area contributed by atoms with E-state index in [4.69, 9.17) is 5.41 Å². The van der Waals surface area contributed by atoms with E-state index in [0.717, 1.165) is 4.90 Å². The van der Waals surface area contributed by atoms with E-state index in [1.807, 2.05) is 26.1 Å². The van der Waals surface area contributed by atoms with Crippen molar-refractivity contribution < 1.29 is 3.89 Å². The zero-order valence-electron chi connectivity index (χ0n) is 8.58. The Morgan fingerprint density at radius 3 is 2.57 bits per heavy atom. The molecule has 1 rings (SSSR count). The molecular formula is C9H15FN2S2. The minimum absolute atomic E-state index is 0.313. The van der Waals surface area contributed by atoms with Crippen molar-refractivity contribution in [2.24, 2.45) is 7.05 Å². The molecule has 14 heavy (non-hydrogen) atoms. The maximum absolute atomic E-state index is 11.7. The maximum Gasteiger partial charge on any atom is 0.124 e. The van der Waals surface area contributed by atoms with Gasteiger partial charge in [0.1, 0.15) is 5.49 Å². The average molecular weight is 234 g/mol. The van der Waals surface area contributed by atoms with Gasteiger partial charge in [-0.25, -0.2) is 0 Å². The van der Waals surface area contributed by atoms with Crippen molar-refractivity contribution in [2.45, 2.75) is 18.7 Å². The number of hydrogen-bond acceptors (Lipinski definition) is 3. The third-order valence-corrected chi connectivity index (χ3v) is 2.78. The number of halogens is 1. The van der Waals surface area contributed by atoms with Crippen LogP contribution < -0.4 is 5.49 Å². The van der Waals surface area contributed by atoms with Crippen molar-refractivity contribution in [3.05, 3.63) is 23.8 Å². The van der Waals surface area contributed by atoms with Gasteiger partial charge in [-0.3, -0.25) is 5.41 Å². The smallest absolute Gasteiger partial charge is 0.124 e. The minimum atomic E-state index is 0.313. The Morgan fingerprint density at radius 1 is 1.43 bits per heavy atom. The second-order valence-corrected chi connectivity index (χ2v) is 4.15. The largest absolute Gasteiger partial charge is 0.335 e. The minimum Gasteiger partial charge on any atom is -0.335 e. The van der Waals surface area contributed by atoms with E-state index >= 15 is 0 Å². The van der Waals surface area contributed by atoms with E-state index in [1.54, 1.807) is 17.7 Å². The van der Waals surface area contributed by atoms with E-state index in [2.05, 4.69) is 0 Å². The highest BCUT2D eigenvalue weighted by Gasteiger charge is 1.94. The van der Waals surface area contributed by atoms with Gasteiger partial charge in [-0.2, -0.15) is 3.89 Å². The highest BCUT2D eigenvalue weighted by atomic mass is 32.2. The van der Waals surface area contributed by atoms with E-state index < -0.39 is 0 Å². The van der Waals surface area contributed by atoms with Crippen LogP contribution in [0.25, 0.3) is 0 Å². The Bertz CT molecular complexity index is 312. The summed E-state index contributed by atoms with van der Waals surface area (Å²) in [6, 6.07) is 3.52. The molecule has 0 saturated carbocycles. The number of thioether (sulfide) groups is 1. The molecule has 1 aromatic heterocycles. The lowest BCUT2D eigenvalue weighted by atomic mass is 10.5. The number of pyridine rings is 1. The molecule has 0 fully saturated rings. The molecule has 2 nitrogen and oxygen atoms in total. The van der Waals surface area contributed by atoms with Crippen molar-refractivity contribution in [3.8, 4) is 0 Å². The molecular weight excluding hydrogens is 219 g/mol. The Kier molecular flexibility index (Phi) is 7.70. The van der Waals surface area contributed by atoms with Crippen LogP contribution in [0.4, 0.5) is 3.89 Å². The molecule has 80 valence electrons. The molecule has 0 spiro atoms. The molecule has 0 unspecified atom stereocenters. The van der Waals surface area contributed by atoms with E-state index in [0.29, 0.717) is 22.7 Å². The number of hydrogen-bond donors (Lipinski definition) is 1. The van der Waals surface area contributed by atoms with Crippen LogP contribution in [0.2, 0.25) is 0 Å². The second-order valence-electron chi connectivity index (χ2n) is 2.23. The van der Waals surface area contributed by atoms with Crippen molar-refractivity contribution in [1.82, 2.24) is 4.57 Å². The number of nitrogens with one attached hydrogen (secondary N) is 1. The predicted octanol–water partition coefficient (Wildman–Crippen LogP) is 3.20. The average Bonchev–Trinajstić information content (AvgIpc) is 2.23. The van der Waals surface area contributed by atoms with Gasteiger partial charge in [0, 0.05) is 18.1 Å². The first-order chi connectivity index (χ1) is 6.74. The summed E-state index contributed by atoms with van der Waals surface area (Å²) >= 11 is 1.74. The van der Waals surface area contributed by atoms with Crippen LogP contribution in [0.1, 0.15) is 13.8 Å². The van der Waals surface area contributed by atoms with Gasteiger partial charge in [0.05, 0.1) is 17.2 Å². The summed E-state index contributed by atoms with van der Waals surface area (Å²) in [5, 5.41) is 7.77. The molecule has 0 aliphatic rings. The molecule has 0 radical (unpaired) electrons. The fraction of sp³-hybridized carbons (Fsp3) is 0.444. The van der Waals surface area contributed by atoms with Crippen molar-refractivity contribution in [1.29, 1.82) is 5.41 Å². The molecule has 0 bridgehead atoms. The van der Waals surface area contributed by atoms with Gasteiger partial charge in [-0.1, -0.05) is 13.8 Å². The molecule has 0 aliphatic heterocycles. The first kappa shape index (κ1) is 13.6. The number of aryl methyl sites for hydroxylation is 1. The maximum atomic E-state index is 11.7. The molecule has 0 atom stereocenters. The Hall–Kier alpha value is -0.420. The van der Waals surface area contributed by atoms with E-state index in [9.17, 15) is 3.89 Å². The monoisotopic (exact) mass is 234 g/mol. The standard InChI is InChI=1S/C7H9FN2S2.C2H6/c1-10-4-6(11-5-12-8)2-3-7(10)9;1-2/h2-4,9H,5H2,1H3;1-2H3. The van der Waals surface area contributed by atoms with Crippen molar-refractivity contribution in [2.75, 3.05) is 5.08 Å². The Morgan fingerprint density at radius 2 is 2.07 bits per heavy atom. The van der Waals surface area contributed by atoms with Gasteiger partial charge in [0.25, 0.3) is 0 Å². The van der Waals surface area contributed by atoms with Gasteiger partial charge in [-0.05, 0) is 12.1 Å². The molecule has 0 aromatic carbocycles. The SMILES string of the molecule is CC.Cn1cc(SCSF)ccc1=N. The summed E-state index contributed by atoms with van der Waals surface area (Å²) in [5.74, 6) is 0. The topological polar surface area (TPSA) is 28.8 Å². The lowest BCUT2D eigenvalue weighted by molar-refractivity contribution is 0.800. The van der Waals surface area contributed by atoms with Crippen molar-refractivity contribution >= 4 is 23.9 Å². The lowest BCUT2D eigenvalue weighted by Gasteiger charge is -2.01. The first-order valence-corrected chi connectivity index (χ1v) is 6.19. The number of rotatable bonds is 3. The highest BCUT2D eigenvalue weighted by molar-refractivity contribution is 8.13. The normalized spacial score (nSPS) is 9.14. The van der Waals surface area contributed by atoms with Crippen LogP contribution in [0.15, 0.2) is 23.2 Å². The summed E-state index contributed by atoms with van der Waals surface area (Å²) in [7, 11) is 1.80. The zero-order chi connectivity index (χ0) is 11.0. The van der Waals surface area contributed by atoms with Gasteiger partial charge in [0.2, 0.25) is 0 Å². The third kappa shape index (κ3) is 4.72. The molecule has 0 amide bonds. The summed E-state index contributed by atoms with van der Waals surface area (Å²) < 4.78 is 13.4. The summed E-state index contributed by atoms with van der Waals surface area (Å²) in [6.07, 6.45) is 1.82. The fourth-order valence-corrected chi connectivity index (χ4v) is 1.88. The summed E-state index contributed by atoms with van der Waals surface area (Å²) in [6.45, 7) is 4.00. The highest BCUT2D eigenvalue weighted by Crippen LogP contribution is 2.21. The van der Waals surface area contributed by atoms with Crippen LogP contribution in [0.5, 0.6) is 0 Å². The molecule has 0 saturated heterocycles. The summed E-state index contributed by atoms with van der Waals surface area (Å²) in [5.41, 5.74) is 0.451. The number of aromatic nitrogens is 1. The van der Waals surface area contributed by atoms with Gasteiger partial charge < -0.3 is 4.57 Å². The van der Waals surface area contributed by atoms with Crippen LogP contribution >= 0.6 is 23.9 Å². The van der Waals surface area contributed by atoms with Crippen LogP contribution in [-0.2, 0) is 7.05 Å². The lowest BCUT2D eigenvalue weighted by Crippen LogP contribution is -2.14. The molecule has 1 heterocycles. The van der Waals surface area contributed by atoms with E-state index in [-0.39, 0.29) is 0 Å². The molecule has 0 aliphatic carbocycles. The molecule has 1 aromatic rings. The third-order valence-electron chi connectivity index (χ3n) is 1.38. The zero-order valence-corrected chi connectivity index (χ0v) is 10.2. The summed E-state index contributed by atoms with van der Waals surface area (Å²) in [4.78, 5) is 0.985. The number of nitrogens with zero attached hydrogens (tertiary/aromatic N) is 1. The predicted molar refractivity (Wildman–Crippen MR) is 62.0 cm³/mol. The van der Waals surface area contributed by atoms with Gasteiger partial charge in [0.15, 0.2) is 0 Å². The Labute approximate surface area is 92.7 Å². The second kappa shape index (κ2) is 7.94. The molecule has 1 N–H and O–H groups in total. The van der Waals surface area contributed by atoms with Crippen molar-refractivity contribution in [3.63, 3.8) is 0 Å².